The van der Waals surface area contributed by atoms with E-state index in [1.165, 1.54) is 110 Å². The first-order valence-electron chi connectivity index (χ1n) is 25.7. The number of hydrogen-bond acceptors (Lipinski definition) is 18. The second kappa shape index (κ2) is 31.6. The van der Waals surface area contributed by atoms with E-state index >= 15 is 0 Å². The molecule has 1 aromatic heterocycles. The summed E-state index contributed by atoms with van der Waals surface area (Å²) >= 11 is 6.10. The molecule has 3 saturated heterocycles. The van der Waals surface area contributed by atoms with E-state index < -0.39 is 16.9 Å². The highest BCUT2D eigenvalue weighted by atomic mass is 35.5. The maximum Gasteiger partial charge on any atom is 0.345 e. The van der Waals surface area contributed by atoms with E-state index in [9.17, 15) is 19.7 Å². The Kier molecular flexibility index (Phi) is 25.1. The van der Waals surface area contributed by atoms with Crippen LogP contribution in [0.15, 0.2) is 42.7 Å². The number of nitro groups is 1. The highest BCUT2D eigenvalue weighted by Gasteiger charge is 2.26. The van der Waals surface area contributed by atoms with Crippen LogP contribution in [0.2, 0.25) is 5.15 Å². The Balaban J connectivity index is 0.000000203. The topological polar surface area (TPSA) is 213 Å². The van der Waals surface area contributed by atoms with Crippen molar-refractivity contribution in [1.82, 2.24) is 24.7 Å². The molecule has 3 aromatic carbocycles. The van der Waals surface area contributed by atoms with Crippen LogP contribution in [0.5, 0.6) is 34.5 Å². The molecule has 3 aliphatic heterocycles. The molecular weight excluding hydrogens is 962 g/mol. The Morgan fingerprint density at radius 3 is 1.44 bits per heavy atom. The van der Waals surface area contributed by atoms with Crippen molar-refractivity contribution in [1.29, 1.82) is 0 Å². The molecule has 402 valence electrons. The zero-order valence-electron chi connectivity index (χ0n) is 43.5. The second-order valence-corrected chi connectivity index (χ2v) is 18.2. The quantitative estimate of drug-likeness (QED) is 0.0183. The molecule has 0 saturated carbocycles. The van der Waals surface area contributed by atoms with E-state index in [1.807, 2.05) is 12.1 Å². The van der Waals surface area contributed by atoms with Crippen LogP contribution in [-0.2, 0) is 9.47 Å². The third kappa shape index (κ3) is 18.5. The number of carbonyl (C=O) groups is 2. The zero-order valence-corrected chi connectivity index (χ0v) is 44.2. The van der Waals surface area contributed by atoms with Gasteiger partial charge in [0.05, 0.1) is 82.1 Å². The minimum Gasteiger partial charge on any atom is -0.493 e. The highest BCUT2D eigenvalue weighted by Crippen LogP contribution is 2.37. The number of methoxy groups -OCH3 is 3. The Bertz CT molecular complexity index is 2340. The molecule has 2 N–H and O–H groups in total. The first-order valence-corrected chi connectivity index (χ1v) is 26.1. The number of anilines is 1. The first-order chi connectivity index (χ1) is 35.5. The number of carbonyl (C=O) groups excluding carboxylic acids is 2. The smallest absolute Gasteiger partial charge is 0.345 e. The first kappa shape index (κ1) is 58.0. The molecule has 7 rings (SSSR count). The predicted molar refractivity (Wildman–Crippen MR) is 281 cm³/mol. The van der Waals surface area contributed by atoms with Gasteiger partial charge in [0.15, 0.2) is 34.5 Å². The van der Waals surface area contributed by atoms with Gasteiger partial charge in [-0.2, -0.15) is 0 Å². The number of halogens is 1. The van der Waals surface area contributed by atoms with Gasteiger partial charge in [-0.15, -0.1) is 0 Å². The summed E-state index contributed by atoms with van der Waals surface area (Å²) in [6, 6.07) is 9.43. The summed E-state index contributed by atoms with van der Waals surface area (Å²) < 4.78 is 43.2. The van der Waals surface area contributed by atoms with Gasteiger partial charge in [0, 0.05) is 49.3 Å². The standard InChI is InChI=1S/C18H26N2O6.C18H28N2O4.C17H22ClN3O2/c1-3-25-18(21)14-12-16(24-2)17(13-15(14)20(22)23)26-11-7-10-19-8-5-4-6-9-19;1-3-23-18(21)14-12-16(22-2)17(13-15(14)19)24-11-7-10-20-8-5-4-6-9-20;1-22-15-10-13-14(19-12-20-17(13)18)11-16(15)23-9-5-8-21-6-3-2-4-7-21/h12-13H,3-11H2,1-2H3;12-13H,3-11,19H2,1-2H3;10-12H,2-9H2,1H3. The summed E-state index contributed by atoms with van der Waals surface area (Å²) in [6.07, 6.45) is 15.9. The molecule has 73 heavy (non-hydrogen) atoms. The van der Waals surface area contributed by atoms with Crippen molar-refractivity contribution < 1.29 is 52.4 Å². The zero-order chi connectivity index (χ0) is 52.4. The highest BCUT2D eigenvalue weighted by molar-refractivity contribution is 6.34. The summed E-state index contributed by atoms with van der Waals surface area (Å²) in [6.45, 7) is 15.6. The molecule has 19 nitrogen and oxygen atoms in total. The summed E-state index contributed by atoms with van der Waals surface area (Å²) in [4.78, 5) is 50.1. The molecular formula is C53H76ClN7O12. The third-order valence-corrected chi connectivity index (χ3v) is 13.0. The molecule has 20 heteroatoms. The lowest BCUT2D eigenvalue weighted by atomic mass is 10.1. The summed E-state index contributed by atoms with van der Waals surface area (Å²) in [5.74, 6) is 1.73. The minimum absolute atomic E-state index is 0.132. The summed E-state index contributed by atoms with van der Waals surface area (Å²) in [5, 5.41) is 12.5. The normalized spacial score (nSPS) is 15.2. The number of likely N-dealkylation sites (tertiary alicyclic amines) is 3. The average Bonchev–Trinajstić information content (AvgIpc) is 3.41. The number of aromatic nitrogens is 2. The van der Waals surface area contributed by atoms with Crippen molar-refractivity contribution in [2.24, 2.45) is 0 Å². The Morgan fingerprint density at radius 2 is 1.00 bits per heavy atom. The van der Waals surface area contributed by atoms with Crippen molar-refractivity contribution >= 4 is 45.8 Å². The molecule has 0 aliphatic carbocycles. The van der Waals surface area contributed by atoms with Crippen LogP contribution in [-0.4, -0.2) is 155 Å². The molecule has 0 radical (unpaired) electrons. The SMILES string of the molecule is CCOC(=O)c1cc(OC)c(OCCCN2CCCCC2)cc1N.CCOC(=O)c1cc(OC)c(OCCCN2CCCCC2)cc1[N+](=O)[O-].COc1cc2c(Cl)ncnc2cc1OCCCN1CCCCC1. The lowest BCUT2D eigenvalue weighted by Gasteiger charge is -2.26. The van der Waals surface area contributed by atoms with Crippen molar-refractivity contribution in [3.05, 3.63) is 69.1 Å². The number of nitrogen functional groups attached to an aromatic ring is 1. The van der Waals surface area contributed by atoms with E-state index in [-0.39, 0.29) is 29.4 Å². The molecule has 0 amide bonds. The molecule has 3 aliphatic rings. The van der Waals surface area contributed by atoms with Gasteiger partial charge in [-0.25, -0.2) is 19.6 Å². The largest absolute Gasteiger partial charge is 0.493 e. The number of piperidine rings is 3. The Hall–Kier alpha value is -5.89. The van der Waals surface area contributed by atoms with E-state index in [1.54, 1.807) is 40.2 Å². The molecule has 3 fully saturated rings. The van der Waals surface area contributed by atoms with Crippen LogP contribution in [0, 0.1) is 10.1 Å². The van der Waals surface area contributed by atoms with Gasteiger partial charge < -0.3 is 58.3 Å². The maximum atomic E-state index is 12.0. The van der Waals surface area contributed by atoms with Crippen LogP contribution in [0.1, 0.15) is 112 Å². The van der Waals surface area contributed by atoms with Crippen molar-refractivity contribution in [2.75, 3.05) is 119 Å². The third-order valence-electron chi connectivity index (χ3n) is 12.7. The Labute approximate surface area is 435 Å². The van der Waals surface area contributed by atoms with Crippen LogP contribution < -0.4 is 34.2 Å². The average molecular weight is 1040 g/mol. The number of hydrogen-bond donors (Lipinski definition) is 1. The van der Waals surface area contributed by atoms with Gasteiger partial charge >= 0.3 is 11.9 Å². The van der Waals surface area contributed by atoms with Gasteiger partial charge in [0.2, 0.25) is 0 Å². The molecule has 4 heterocycles. The maximum absolute atomic E-state index is 12.0. The number of nitrogens with two attached hydrogens (primary N) is 1. The number of esters is 2. The van der Waals surface area contributed by atoms with Gasteiger partial charge in [0.25, 0.3) is 5.69 Å². The van der Waals surface area contributed by atoms with Crippen LogP contribution in [0.25, 0.3) is 10.9 Å². The van der Waals surface area contributed by atoms with Crippen molar-refractivity contribution in [2.45, 2.75) is 90.9 Å². The van der Waals surface area contributed by atoms with Crippen molar-refractivity contribution in [3.8, 4) is 34.5 Å². The lowest BCUT2D eigenvalue weighted by Crippen LogP contribution is -2.31. The monoisotopic (exact) mass is 1040 g/mol. The number of nitrogens with zero attached hydrogens (tertiary/aromatic N) is 6. The predicted octanol–water partition coefficient (Wildman–Crippen LogP) is 9.29. The molecule has 0 spiro atoms. The number of benzene rings is 3. The van der Waals surface area contributed by atoms with E-state index in [0.717, 1.165) is 62.9 Å². The second-order valence-electron chi connectivity index (χ2n) is 17.8. The number of ether oxygens (including phenoxy) is 8. The number of nitro benzene ring substituents is 1. The van der Waals surface area contributed by atoms with E-state index in [0.29, 0.717) is 65.8 Å². The fourth-order valence-corrected chi connectivity index (χ4v) is 9.04. The van der Waals surface area contributed by atoms with Crippen molar-refractivity contribution in [3.63, 3.8) is 0 Å². The number of fused-ring (bicyclic) bond motifs is 1. The van der Waals surface area contributed by atoms with Gasteiger partial charge in [0.1, 0.15) is 17.0 Å². The minimum atomic E-state index is -0.755. The van der Waals surface area contributed by atoms with Gasteiger partial charge in [-0.3, -0.25) is 10.1 Å². The van der Waals surface area contributed by atoms with E-state index in [2.05, 4.69) is 24.7 Å². The summed E-state index contributed by atoms with van der Waals surface area (Å²) in [7, 11) is 4.59. The van der Waals surface area contributed by atoms with Crippen LogP contribution in [0.3, 0.4) is 0 Å². The van der Waals surface area contributed by atoms with E-state index in [4.69, 9.17) is 55.2 Å². The fourth-order valence-electron chi connectivity index (χ4n) is 8.84. The van der Waals surface area contributed by atoms with Crippen LogP contribution in [0.4, 0.5) is 11.4 Å². The number of rotatable bonds is 23. The van der Waals surface area contributed by atoms with Crippen LogP contribution >= 0.6 is 11.6 Å². The fraction of sp³-hybridized carbons (Fsp3) is 0.585. The molecule has 0 atom stereocenters. The molecule has 0 bridgehead atoms. The van der Waals surface area contributed by atoms with Gasteiger partial charge in [-0.05, 0) is 117 Å². The summed E-state index contributed by atoms with van der Waals surface area (Å²) in [5.41, 5.74) is 6.85. The molecule has 4 aromatic rings. The molecule has 0 unspecified atom stereocenters. The Morgan fingerprint density at radius 1 is 0.589 bits per heavy atom. The lowest BCUT2D eigenvalue weighted by molar-refractivity contribution is -0.385. The van der Waals surface area contributed by atoms with Gasteiger partial charge in [-0.1, -0.05) is 30.9 Å².